The summed E-state index contributed by atoms with van der Waals surface area (Å²) in [4.78, 5) is 15.0. The van der Waals surface area contributed by atoms with Crippen LogP contribution in [0.1, 0.15) is 0 Å². The number of fused-ring (bicyclic) bond motifs is 3. The first kappa shape index (κ1) is 25.8. The van der Waals surface area contributed by atoms with Gasteiger partial charge in [0.25, 0.3) is 0 Å². The van der Waals surface area contributed by atoms with Crippen molar-refractivity contribution in [2.24, 2.45) is 0 Å². The largest absolute Gasteiger partial charge is 0.778 e. The SMILES string of the molecule is [Os].[S-]c1cccc2cccnc12.[S-]c1cccc2cccnc12.[S-]c1cccc2cccnc12. The molecule has 0 amide bonds. The molecular formula is C27H18N3OsS3-3. The van der Waals surface area contributed by atoms with E-state index in [9.17, 15) is 0 Å². The van der Waals surface area contributed by atoms with Crippen LogP contribution in [0.4, 0.5) is 0 Å². The predicted octanol–water partition coefficient (Wildman–Crippen LogP) is 6.42. The number of benzene rings is 3. The number of aromatic nitrogens is 3. The van der Waals surface area contributed by atoms with Crippen LogP contribution in [0.2, 0.25) is 0 Å². The summed E-state index contributed by atoms with van der Waals surface area (Å²) in [6, 6.07) is 29.3. The Morgan fingerprint density at radius 3 is 0.912 bits per heavy atom. The minimum Gasteiger partial charge on any atom is -0.778 e. The summed E-state index contributed by atoms with van der Waals surface area (Å²) in [6.45, 7) is 0. The molecule has 3 nitrogen and oxygen atoms in total. The molecular weight excluding hydrogens is 653 g/mol. The molecule has 0 N–H and O–H groups in total. The van der Waals surface area contributed by atoms with Crippen LogP contribution >= 0.6 is 0 Å². The summed E-state index contributed by atoms with van der Waals surface area (Å²) in [7, 11) is 0. The maximum Gasteiger partial charge on any atom is 0.0511 e. The Morgan fingerprint density at radius 1 is 0.382 bits per heavy atom. The monoisotopic (exact) mass is 672 g/mol. The fraction of sp³-hybridized carbons (Fsp3) is 0. The molecule has 6 rings (SSSR count). The van der Waals surface area contributed by atoms with Gasteiger partial charge >= 0.3 is 0 Å². The Labute approximate surface area is 228 Å². The molecule has 170 valence electrons. The topological polar surface area (TPSA) is 38.7 Å². The number of pyridine rings is 3. The zero-order chi connectivity index (χ0) is 23.0. The van der Waals surface area contributed by atoms with Gasteiger partial charge in [-0.3, -0.25) is 15.0 Å². The third-order valence-electron chi connectivity index (χ3n) is 4.79. The van der Waals surface area contributed by atoms with Gasteiger partial charge in [0.15, 0.2) is 0 Å². The van der Waals surface area contributed by atoms with Crippen molar-refractivity contribution in [3.63, 3.8) is 0 Å². The summed E-state index contributed by atoms with van der Waals surface area (Å²) >= 11 is 15.3. The summed E-state index contributed by atoms with van der Waals surface area (Å²) in [5.41, 5.74) is 2.76. The summed E-state index contributed by atoms with van der Waals surface area (Å²) in [5, 5.41) is 3.33. The second kappa shape index (κ2) is 12.6. The molecule has 0 bridgehead atoms. The van der Waals surface area contributed by atoms with Crippen molar-refractivity contribution in [3.05, 3.63) is 110 Å². The molecule has 34 heavy (non-hydrogen) atoms. The van der Waals surface area contributed by atoms with E-state index in [1.807, 2.05) is 91.0 Å². The normalized spacial score (nSPS) is 9.88. The summed E-state index contributed by atoms with van der Waals surface area (Å²) in [6.07, 6.45) is 5.29. The smallest absolute Gasteiger partial charge is 0.0511 e. The fourth-order valence-electron chi connectivity index (χ4n) is 3.23. The van der Waals surface area contributed by atoms with Gasteiger partial charge in [-0.25, -0.2) is 0 Å². The average molecular weight is 671 g/mol. The zero-order valence-corrected chi connectivity index (χ0v) is 22.8. The molecule has 0 atom stereocenters. The van der Waals surface area contributed by atoms with Gasteiger partial charge in [0.1, 0.15) is 0 Å². The number of nitrogens with zero attached hydrogens (tertiary/aromatic N) is 3. The third kappa shape index (κ3) is 6.40. The Balaban J connectivity index is 0.000000141. The predicted molar refractivity (Wildman–Crippen MR) is 142 cm³/mol. The molecule has 3 aromatic carbocycles. The van der Waals surface area contributed by atoms with Crippen LogP contribution in [0.25, 0.3) is 32.7 Å². The van der Waals surface area contributed by atoms with Crippen molar-refractivity contribution < 1.29 is 19.8 Å². The van der Waals surface area contributed by atoms with E-state index in [2.05, 4.69) is 15.0 Å². The molecule has 7 heteroatoms. The Hall–Kier alpha value is -2.81. The van der Waals surface area contributed by atoms with Crippen molar-refractivity contribution >= 4 is 70.6 Å². The van der Waals surface area contributed by atoms with Crippen molar-refractivity contribution in [1.82, 2.24) is 15.0 Å². The Morgan fingerprint density at radius 2 is 0.647 bits per heavy atom. The van der Waals surface area contributed by atoms with Gasteiger partial charge in [-0.05, 0) is 34.4 Å². The zero-order valence-electron chi connectivity index (χ0n) is 17.8. The molecule has 0 aliphatic rings. The minimum atomic E-state index is 0. The Kier molecular flexibility index (Phi) is 9.56. The molecule has 0 radical (unpaired) electrons. The second-order valence-electron chi connectivity index (χ2n) is 6.99. The first-order valence-corrected chi connectivity index (χ1v) is 11.4. The van der Waals surface area contributed by atoms with Crippen LogP contribution < -0.4 is 0 Å². The van der Waals surface area contributed by atoms with Gasteiger partial charge in [0.2, 0.25) is 0 Å². The molecule has 0 aliphatic heterocycles. The quantitative estimate of drug-likeness (QED) is 0.174. The van der Waals surface area contributed by atoms with Crippen molar-refractivity contribution in [2.75, 3.05) is 0 Å². The van der Waals surface area contributed by atoms with E-state index in [4.69, 9.17) is 37.9 Å². The Bertz CT molecular complexity index is 1330. The van der Waals surface area contributed by atoms with E-state index in [0.29, 0.717) is 0 Å². The summed E-state index contributed by atoms with van der Waals surface area (Å²) in [5.74, 6) is 0. The fourth-order valence-corrected chi connectivity index (χ4v) is 3.98. The van der Waals surface area contributed by atoms with Crippen molar-refractivity contribution in [1.29, 1.82) is 0 Å². The molecule has 0 spiro atoms. The first-order chi connectivity index (χ1) is 16.1. The average Bonchev–Trinajstić information content (AvgIpc) is 2.86. The molecule has 0 aliphatic carbocycles. The third-order valence-corrected chi connectivity index (χ3v) is 5.78. The minimum absolute atomic E-state index is 0. The maximum atomic E-state index is 5.09. The van der Waals surface area contributed by atoms with Crippen molar-refractivity contribution in [2.45, 2.75) is 14.7 Å². The van der Waals surface area contributed by atoms with Crippen LogP contribution in [0.5, 0.6) is 0 Å². The van der Waals surface area contributed by atoms with Crippen molar-refractivity contribution in [3.8, 4) is 0 Å². The number of para-hydroxylation sites is 3. The molecule has 0 saturated heterocycles. The van der Waals surface area contributed by atoms with Gasteiger partial charge in [-0.2, -0.15) is 0 Å². The van der Waals surface area contributed by atoms with Crippen LogP contribution in [0, 0.1) is 0 Å². The van der Waals surface area contributed by atoms with Crippen LogP contribution in [0.15, 0.2) is 124 Å². The van der Waals surface area contributed by atoms with Gasteiger partial charge in [0, 0.05) is 38.4 Å². The van der Waals surface area contributed by atoms with E-state index in [-0.39, 0.29) is 19.8 Å². The van der Waals surface area contributed by atoms with Gasteiger partial charge < -0.3 is 37.9 Å². The number of hydrogen-bond donors (Lipinski definition) is 0. The maximum absolute atomic E-state index is 5.09. The van der Waals surface area contributed by atoms with E-state index >= 15 is 0 Å². The van der Waals surface area contributed by atoms with Gasteiger partial charge in [0.05, 0.1) is 16.6 Å². The van der Waals surface area contributed by atoms with E-state index in [0.717, 1.165) is 47.4 Å². The van der Waals surface area contributed by atoms with Crippen LogP contribution in [0.3, 0.4) is 0 Å². The molecule has 3 heterocycles. The number of hydrogen-bond acceptors (Lipinski definition) is 6. The molecule has 0 fully saturated rings. The van der Waals surface area contributed by atoms with E-state index in [1.165, 1.54) is 0 Å². The molecule has 3 aromatic heterocycles. The number of rotatable bonds is 0. The van der Waals surface area contributed by atoms with Gasteiger partial charge in [-0.1, -0.05) is 72.8 Å². The van der Waals surface area contributed by atoms with E-state index in [1.54, 1.807) is 18.6 Å². The van der Waals surface area contributed by atoms with Crippen LogP contribution in [-0.2, 0) is 57.7 Å². The van der Waals surface area contributed by atoms with Gasteiger partial charge in [-0.15, -0.1) is 14.7 Å². The van der Waals surface area contributed by atoms with E-state index < -0.39 is 0 Å². The standard InChI is InChI=1S/3C9H7NS.Os/c3*11-8-5-1-3-7-4-2-6-10-9(7)8;/h3*1-6,11H;/p-3. The summed E-state index contributed by atoms with van der Waals surface area (Å²) < 4.78 is 0. The molecule has 0 unspecified atom stereocenters. The van der Waals surface area contributed by atoms with Crippen LogP contribution in [-0.4, -0.2) is 15.0 Å². The molecule has 6 aromatic rings. The second-order valence-corrected chi connectivity index (χ2v) is 8.31. The molecule has 0 saturated carbocycles. The first-order valence-electron chi connectivity index (χ1n) is 10.2.